The van der Waals surface area contributed by atoms with E-state index in [9.17, 15) is 10.2 Å². The van der Waals surface area contributed by atoms with Gasteiger partial charge < -0.3 is 10.2 Å². The van der Waals surface area contributed by atoms with Crippen molar-refractivity contribution in [2.75, 3.05) is 0 Å². The van der Waals surface area contributed by atoms with E-state index < -0.39 is 0 Å². The molecule has 0 aliphatic rings. The molecule has 0 saturated carbocycles. The summed E-state index contributed by atoms with van der Waals surface area (Å²) in [6.45, 7) is 0. The number of benzene rings is 4. The average molecular weight is 363 g/mol. The first-order chi connectivity index (χ1) is 12.8. The van der Waals surface area contributed by atoms with Gasteiger partial charge in [0.05, 0.1) is 0 Å². The first-order valence-electron chi connectivity index (χ1n) is 8.38. The predicted molar refractivity (Wildman–Crippen MR) is 108 cm³/mol. The monoisotopic (exact) mass is 362 g/mol. The second kappa shape index (κ2) is 10.4. The Hall–Kier alpha value is -2.75. The normalized spacial score (nSPS) is 9.48. The first kappa shape index (κ1) is 20.6. The molecular weight excluding hydrogens is 345 g/mol. The molecule has 0 N–H and O–H groups in total. The van der Waals surface area contributed by atoms with E-state index in [-0.39, 0.29) is 34.6 Å². The molecule has 0 aliphatic heterocycles. The van der Waals surface area contributed by atoms with Gasteiger partial charge in [-0.1, -0.05) is 109 Å². The van der Waals surface area contributed by atoms with Crippen LogP contribution in [0.4, 0.5) is 0 Å². The minimum atomic E-state index is 0. The molecule has 0 fully saturated rings. The second-order valence-electron chi connectivity index (χ2n) is 5.72. The van der Waals surface area contributed by atoms with E-state index in [2.05, 4.69) is 0 Å². The largest absolute Gasteiger partial charge is 2.00 e. The van der Waals surface area contributed by atoms with Crippen LogP contribution in [0, 0.1) is 0 Å². The van der Waals surface area contributed by atoms with E-state index in [0.717, 1.165) is 22.3 Å². The maximum absolute atomic E-state index is 11.4. The Morgan fingerprint density at radius 2 is 0.667 bits per heavy atom. The maximum Gasteiger partial charge on any atom is 2.00 e. The molecule has 0 heterocycles. The summed E-state index contributed by atoms with van der Waals surface area (Å²) in [4.78, 5) is 0. The number of rotatable bonds is 2. The van der Waals surface area contributed by atoms with E-state index in [1.807, 2.05) is 84.9 Å². The van der Waals surface area contributed by atoms with Gasteiger partial charge in [-0.15, -0.1) is 11.5 Å². The summed E-state index contributed by atoms with van der Waals surface area (Å²) >= 11 is 0. The summed E-state index contributed by atoms with van der Waals surface area (Å²) in [5.41, 5.74) is 3.49. The Labute approximate surface area is 175 Å². The molecule has 0 aliphatic carbocycles. The smallest absolute Gasteiger partial charge is 0.872 e. The van der Waals surface area contributed by atoms with Crippen LogP contribution >= 0.6 is 0 Å². The molecule has 0 unspecified atom stereocenters. The molecular formula is C24H18MgO2. The van der Waals surface area contributed by atoms with Crippen LogP contribution in [0.1, 0.15) is 0 Å². The fourth-order valence-electron chi connectivity index (χ4n) is 2.65. The predicted octanol–water partition coefficient (Wildman–Crippen LogP) is 4.47. The second-order valence-corrected chi connectivity index (χ2v) is 5.72. The van der Waals surface area contributed by atoms with E-state index in [1.165, 1.54) is 0 Å². The van der Waals surface area contributed by atoms with Gasteiger partial charge in [0.2, 0.25) is 0 Å². The summed E-state index contributed by atoms with van der Waals surface area (Å²) < 4.78 is 0. The van der Waals surface area contributed by atoms with Crippen molar-refractivity contribution in [3.05, 3.63) is 109 Å². The van der Waals surface area contributed by atoms with Gasteiger partial charge in [0.25, 0.3) is 0 Å². The van der Waals surface area contributed by atoms with Crippen LogP contribution in [0.15, 0.2) is 109 Å². The molecule has 0 saturated heterocycles. The van der Waals surface area contributed by atoms with Gasteiger partial charge in [-0.05, 0) is 22.3 Å². The topological polar surface area (TPSA) is 46.1 Å². The van der Waals surface area contributed by atoms with Crippen LogP contribution in [-0.2, 0) is 0 Å². The Balaban J connectivity index is 0.000000187. The van der Waals surface area contributed by atoms with Gasteiger partial charge in [0.15, 0.2) is 0 Å². The third-order valence-corrected chi connectivity index (χ3v) is 3.94. The van der Waals surface area contributed by atoms with Gasteiger partial charge in [-0.2, -0.15) is 0 Å². The van der Waals surface area contributed by atoms with Crippen molar-refractivity contribution < 1.29 is 10.2 Å². The molecule has 0 bridgehead atoms. The number of hydrogen-bond acceptors (Lipinski definition) is 2. The molecule has 0 radical (unpaired) electrons. The van der Waals surface area contributed by atoms with Crippen molar-refractivity contribution in [2.24, 2.45) is 0 Å². The van der Waals surface area contributed by atoms with Crippen molar-refractivity contribution in [1.82, 2.24) is 0 Å². The quantitative estimate of drug-likeness (QED) is 0.494. The molecule has 0 amide bonds. The molecule has 4 rings (SSSR count). The Kier molecular flexibility index (Phi) is 7.92. The Morgan fingerprint density at radius 3 is 1.00 bits per heavy atom. The average Bonchev–Trinajstić information content (AvgIpc) is 2.71. The van der Waals surface area contributed by atoms with Crippen LogP contribution < -0.4 is 10.2 Å². The van der Waals surface area contributed by atoms with Crippen molar-refractivity contribution in [3.8, 4) is 33.8 Å². The van der Waals surface area contributed by atoms with Gasteiger partial charge in [0.1, 0.15) is 0 Å². The van der Waals surface area contributed by atoms with Gasteiger partial charge in [-0.3, -0.25) is 0 Å². The van der Waals surface area contributed by atoms with Crippen molar-refractivity contribution in [1.29, 1.82) is 0 Å². The molecule has 4 aromatic carbocycles. The Bertz CT molecular complexity index is 873. The standard InChI is InChI=1S/2C12H10O.Mg/c2*13-12-9-5-4-8-11(12)10-6-2-1-3-7-10;/h2*1-9,13H;/q;;+2/p-2. The first-order valence-corrected chi connectivity index (χ1v) is 8.38. The molecule has 0 atom stereocenters. The van der Waals surface area contributed by atoms with Crippen LogP contribution in [0.5, 0.6) is 11.5 Å². The number of para-hydroxylation sites is 2. The summed E-state index contributed by atoms with van der Waals surface area (Å²) in [6.07, 6.45) is 0. The van der Waals surface area contributed by atoms with Gasteiger partial charge in [0, 0.05) is 0 Å². The molecule has 27 heavy (non-hydrogen) atoms. The summed E-state index contributed by atoms with van der Waals surface area (Å²) in [6, 6.07) is 33.5. The van der Waals surface area contributed by atoms with Crippen molar-refractivity contribution in [2.45, 2.75) is 0 Å². The van der Waals surface area contributed by atoms with Gasteiger partial charge in [-0.25, -0.2) is 0 Å². The minimum absolute atomic E-state index is 0. The molecule has 128 valence electrons. The molecule has 3 heteroatoms. The van der Waals surface area contributed by atoms with Crippen molar-refractivity contribution >= 4 is 23.1 Å². The fourth-order valence-corrected chi connectivity index (χ4v) is 2.65. The summed E-state index contributed by atoms with van der Waals surface area (Å²) in [5, 5.41) is 22.8. The molecule has 0 aromatic heterocycles. The zero-order valence-electron chi connectivity index (χ0n) is 14.9. The van der Waals surface area contributed by atoms with E-state index in [4.69, 9.17) is 0 Å². The minimum Gasteiger partial charge on any atom is -0.872 e. The maximum atomic E-state index is 11.4. The fraction of sp³-hybridized carbons (Fsp3) is 0. The van der Waals surface area contributed by atoms with Crippen LogP contribution in [0.2, 0.25) is 0 Å². The van der Waals surface area contributed by atoms with Crippen molar-refractivity contribution in [3.63, 3.8) is 0 Å². The van der Waals surface area contributed by atoms with Crippen LogP contribution in [0.3, 0.4) is 0 Å². The van der Waals surface area contributed by atoms with Crippen LogP contribution in [-0.4, -0.2) is 23.1 Å². The van der Waals surface area contributed by atoms with E-state index in [1.54, 1.807) is 24.3 Å². The third-order valence-electron chi connectivity index (χ3n) is 3.94. The number of hydrogen-bond donors (Lipinski definition) is 0. The molecule has 0 spiro atoms. The Morgan fingerprint density at radius 1 is 0.370 bits per heavy atom. The third kappa shape index (κ3) is 5.61. The zero-order chi connectivity index (χ0) is 18.2. The van der Waals surface area contributed by atoms with E-state index in [0.29, 0.717) is 0 Å². The van der Waals surface area contributed by atoms with E-state index >= 15 is 0 Å². The zero-order valence-corrected chi connectivity index (χ0v) is 16.3. The molecule has 4 aromatic rings. The summed E-state index contributed by atoms with van der Waals surface area (Å²) in [7, 11) is 0. The summed E-state index contributed by atoms with van der Waals surface area (Å²) in [5.74, 6) is 0.155. The van der Waals surface area contributed by atoms with Gasteiger partial charge >= 0.3 is 23.1 Å². The SMILES string of the molecule is [Mg+2].[O-]c1ccccc1-c1ccccc1.[O-]c1ccccc1-c1ccccc1. The molecule has 2 nitrogen and oxygen atoms in total. The van der Waals surface area contributed by atoms with Crippen LogP contribution in [0.25, 0.3) is 22.3 Å².